The molecular formula is C56H92O6. The molecule has 0 amide bonds. The van der Waals surface area contributed by atoms with E-state index in [0.29, 0.717) is 19.3 Å². The van der Waals surface area contributed by atoms with Crippen molar-refractivity contribution in [2.45, 2.75) is 226 Å². The maximum Gasteiger partial charge on any atom is 0.306 e. The van der Waals surface area contributed by atoms with Crippen LogP contribution in [-0.4, -0.2) is 37.2 Å². The molecule has 0 aromatic heterocycles. The Labute approximate surface area is 381 Å². The van der Waals surface area contributed by atoms with E-state index in [-0.39, 0.29) is 31.1 Å². The summed E-state index contributed by atoms with van der Waals surface area (Å²) in [5, 5.41) is 0. The average molecular weight is 861 g/mol. The molecule has 0 aromatic rings. The van der Waals surface area contributed by atoms with E-state index in [1.165, 1.54) is 64.2 Å². The molecule has 0 aliphatic rings. The zero-order valence-electron chi connectivity index (χ0n) is 40.1. The number of hydrogen-bond acceptors (Lipinski definition) is 6. The molecule has 0 rings (SSSR count). The molecule has 0 aromatic carbocycles. The summed E-state index contributed by atoms with van der Waals surface area (Å²) in [7, 11) is 0. The Bertz CT molecular complexity index is 1260. The summed E-state index contributed by atoms with van der Waals surface area (Å²) in [6.45, 7) is 6.32. The van der Waals surface area contributed by atoms with E-state index >= 15 is 0 Å². The van der Waals surface area contributed by atoms with Crippen molar-refractivity contribution in [1.29, 1.82) is 0 Å². The highest BCUT2D eigenvalue weighted by molar-refractivity contribution is 5.71. The molecule has 62 heavy (non-hydrogen) atoms. The lowest BCUT2D eigenvalue weighted by molar-refractivity contribution is -0.167. The molecule has 0 heterocycles. The second kappa shape index (κ2) is 50.0. The molecule has 0 aliphatic heterocycles. The number of rotatable bonds is 44. The van der Waals surface area contributed by atoms with Crippen LogP contribution in [0.3, 0.4) is 0 Å². The molecule has 352 valence electrons. The molecular weight excluding hydrogens is 769 g/mol. The van der Waals surface area contributed by atoms with Crippen molar-refractivity contribution < 1.29 is 28.6 Å². The largest absolute Gasteiger partial charge is 0.462 e. The topological polar surface area (TPSA) is 78.9 Å². The Balaban J connectivity index is 4.48. The van der Waals surface area contributed by atoms with E-state index in [1.807, 2.05) is 0 Å². The van der Waals surface area contributed by atoms with Crippen LogP contribution in [0.5, 0.6) is 0 Å². The third-order valence-corrected chi connectivity index (χ3v) is 10.4. The van der Waals surface area contributed by atoms with Gasteiger partial charge in [0.15, 0.2) is 6.10 Å². The molecule has 6 nitrogen and oxygen atoms in total. The number of esters is 3. The van der Waals surface area contributed by atoms with Gasteiger partial charge in [0, 0.05) is 19.3 Å². The van der Waals surface area contributed by atoms with Crippen LogP contribution >= 0.6 is 0 Å². The van der Waals surface area contributed by atoms with Crippen molar-refractivity contribution in [3.05, 3.63) is 97.2 Å². The first-order chi connectivity index (χ1) is 30.5. The lowest BCUT2D eigenvalue weighted by atomic mass is 10.1. The van der Waals surface area contributed by atoms with Gasteiger partial charge >= 0.3 is 17.9 Å². The van der Waals surface area contributed by atoms with Crippen LogP contribution in [-0.2, 0) is 28.6 Å². The molecule has 0 spiro atoms. The van der Waals surface area contributed by atoms with Gasteiger partial charge in [-0.1, -0.05) is 195 Å². The standard InChI is InChI=1S/C56H92O6/c1-4-7-10-13-16-19-22-25-27-29-31-34-37-40-43-46-49-55(58)61-52-53(51-60-54(57)48-45-42-39-36-33-30-24-21-18-15-12-9-6-3)62-56(59)50-47-44-41-38-35-32-28-26-23-20-17-14-11-8-5-2/h7,9-10,12,15-16,18-21,23-25,27,31,34,53H,4-6,8,11,13-14,17,22,26,28-30,32-33,35-52H2,1-3H3/b10-7+,12-9+,18-15+,19-16+,23-20+,24-21+,27-25+,34-31+. The molecule has 0 fully saturated rings. The second-order valence-corrected chi connectivity index (χ2v) is 16.4. The zero-order valence-corrected chi connectivity index (χ0v) is 40.1. The van der Waals surface area contributed by atoms with Crippen LogP contribution in [0.4, 0.5) is 0 Å². The van der Waals surface area contributed by atoms with Gasteiger partial charge in [-0.25, -0.2) is 0 Å². The Morgan fingerprint density at radius 1 is 0.355 bits per heavy atom. The van der Waals surface area contributed by atoms with Crippen molar-refractivity contribution in [2.24, 2.45) is 0 Å². The Morgan fingerprint density at radius 3 is 1.19 bits per heavy atom. The van der Waals surface area contributed by atoms with Gasteiger partial charge in [0.05, 0.1) is 0 Å². The fourth-order valence-corrected chi connectivity index (χ4v) is 6.60. The van der Waals surface area contributed by atoms with E-state index in [0.717, 1.165) is 116 Å². The predicted octanol–water partition coefficient (Wildman–Crippen LogP) is 16.6. The number of unbranched alkanes of at least 4 members (excludes halogenated alkanes) is 19. The molecule has 0 N–H and O–H groups in total. The minimum absolute atomic E-state index is 0.101. The number of carbonyl (C=O) groups excluding carboxylic acids is 3. The van der Waals surface area contributed by atoms with E-state index < -0.39 is 6.10 Å². The summed E-state index contributed by atoms with van der Waals surface area (Å²) in [5.74, 6) is -0.961. The maximum atomic E-state index is 12.8. The van der Waals surface area contributed by atoms with Crippen LogP contribution in [0.15, 0.2) is 97.2 Å². The molecule has 0 radical (unpaired) electrons. The second-order valence-electron chi connectivity index (χ2n) is 16.4. The highest BCUT2D eigenvalue weighted by Gasteiger charge is 2.19. The number of carbonyl (C=O) groups is 3. The first-order valence-corrected chi connectivity index (χ1v) is 25.3. The SMILES string of the molecule is CC/C=C/C=C/C=C/CCCCCCCC(=O)OCC(COC(=O)CCCCC/C=C/C/C=C/C/C=C/C/C=C/CC)OC(=O)CCCCCCCCC/C=C/CCCCCC. The zero-order chi connectivity index (χ0) is 45.1. The Morgan fingerprint density at radius 2 is 0.710 bits per heavy atom. The third-order valence-electron chi connectivity index (χ3n) is 10.4. The summed E-state index contributed by atoms with van der Waals surface area (Å²) in [6, 6.07) is 0. The van der Waals surface area contributed by atoms with Gasteiger partial charge in [-0.2, -0.15) is 0 Å². The van der Waals surface area contributed by atoms with Crippen LogP contribution in [0.25, 0.3) is 0 Å². The fraction of sp³-hybridized carbons (Fsp3) is 0.661. The van der Waals surface area contributed by atoms with Gasteiger partial charge in [-0.3, -0.25) is 14.4 Å². The molecule has 1 unspecified atom stereocenters. The first-order valence-electron chi connectivity index (χ1n) is 25.3. The number of allylic oxidation sites excluding steroid dienone is 16. The summed E-state index contributed by atoms with van der Waals surface area (Å²) in [5.41, 5.74) is 0. The monoisotopic (exact) mass is 861 g/mol. The minimum Gasteiger partial charge on any atom is -0.462 e. The lowest BCUT2D eigenvalue weighted by Gasteiger charge is -2.18. The van der Waals surface area contributed by atoms with Crippen molar-refractivity contribution in [1.82, 2.24) is 0 Å². The van der Waals surface area contributed by atoms with E-state index in [4.69, 9.17) is 14.2 Å². The minimum atomic E-state index is -0.801. The van der Waals surface area contributed by atoms with E-state index in [1.54, 1.807) is 0 Å². The van der Waals surface area contributed by atoms with Gasteiger partial charge in [0.25, 0.3) is 0 Å². The highest BCUT2D eigenvalue weighted by Crippen LogP contribution is 2.13. The summed E-state index contributed by atoms with van der Waals surface area (Å²) >= 11 is 0. The van der Waals surface area contributed by atoms with Gasteiger partial charge in [0.1, 0.15) is 13.2 Å². The summed E-state index contributed by atoms with van der Waals surface area (Å²) < 4.78 is 16.7. The predicted molar refractivity (Wildman–Crippen MR) is 265 cm³/mol. The Kier molecular flexibility index (Phi) is 47.0. The smallest absolute Gasteiger partial charge is 0.306 e. The van der Waals surface area contributed by atoms with Crippen LogP contribution in [0.2, 0.25) is 0 Å². The van der Waals surface area contributed by atoms with Gasteiger partial charge in [-0.05, 0) is 103 Å². The fourth-order valence-electron chi connectivity index (χ4n) is 6.60. The van der Waals surface area contributed by atoms with Crippen molar-refractivity contribution in [3.8, 4) is 0 Å². The first kappa shape index (κ1) is 58.3. The molecule has 1 atom stereocenters. The third kappa shape index (κ3) is 47.4. The highest BCUT2D eigenvalue weighted by atomic mass is 16.6. The quantitative estimate of drug-likeness (QED) is 0.0200. The normalized spacial score (nSPS) is 12.9. The Hall–Kier alpha value is -3.67. The average Bonchev–Trinajstić information content (AvgIpc) is 3.27. The van der Waals surface area contributed by atoms with E-state index in [2.05, 4.69) is 118 Å². The van der Waals surface area contributed by atoms with Crippen LogP contribution in [0, 0.1) is 0 Å². The van der Waals surface area contributed by atoms with Gasteiger partial charge in [-0.15, -0.1) is 0 Å². The van der Waals surface area contributed by atoms with Gasteiger partial charge in [0.2, 0.25) is 0 Å². The van der Waals surface area contributed by atoms with Gasteiger partial charge < -0.3 is 14.2 Å². The summed E-state index contributed by atoms with van der Waals surface area (Å²) in [6.07, 6.45) is 65.3. The lowest BCUT2D eigenvalue weighted by Crippen LogP contribution is -2.30. The molecule has 0 bridgehead atoms. The van der Waals surface area contributed by atoms with Crippen molar-refractivity contribution in [2.75, 3.05) is 13.2 Å². The molecule has 0 aliphatic carbocycles. The van der Waals surface area contributed by atoms with Crippen LogP contribution in [0.1, 0.15) is 220 Å². The van der Waals surface area contributed by atoms with Crippen LogP contribution < -0.4 is 0 Å². The number of hydrogen-bond donors (Lipinski definition) is 0. The molecule has 0 saturated heterocycles. The molecule has 0 saturated carbocycles. The summed E-state index contributed by atoms with van der Waals surface area (Å²) in [4.78, 5) is 37.9. The molecule has 6 heteroatoms. The maximum absolute atomic E-state index is 12.8. The van der Waals surface area contributed by atoms with E-state index in [9.17, 15) is 14.4 Å². The number of ether oxygens (including phenoxy) is 3. The van der Waals surface area contributed by atoms with Crippen molar-refractivity contribution >= 4 is 17.9 Å². The van der Waals surface area contributed by atoms with Crippen molar-refractivity contribution in [3.63, 3.8) is 0 Å².